The number of hydrogen-bond donors (Lipinski definition) is 2. The summed E-state index contributed by atoms with van der Waals surface area (Å²) < 4.78 is 1.18. The molecular formula is C14H13N3O2. The quantitative estimate of drug-likeness (QED) is 0.699. The van der Waals surface area contributed by atoms with E-state index >= 15 is 0 Å². The number of aromatic amines is 1. The Morgan fingerprint density at radius 3 is 2.84 bits per heavy atom. The van der Waals surface area contributed by atoms with Crippen molar-refractivity contribution in [1.29, 1.82) is 0 Å². The second kappa shape index (κ2) is 4.28. The molecule has 0 fully saturated rings. The first-order valence-electron chi connectivity index (χ1n) is 6.13. The Balaban J connectivity index is 2.49. The first-order valence-corrected chi connectivity index (χ1v) is 6.13. The zero-order valence-corrected chi connectivity index (χ0v) is 10.4. The van der Waals surface area contributed by atoms with Gasteiger partial charge >= 0.3 is 6.03 Å². The van der Waals surface area contributed by atoms with Crippen LogP contribution < -0.4 is 10.9 Å². The molecule has 0 radical (unpaired) electrons. The average Bonchev–Trinajstić information content (AvgIpc) is 2.89. The Morgan fingerprint density at radius 2 is 2.05 bits per heavy atom. The van der Waals surface area contributed by atoms with Crippen LogP contribution in [0.1, 0.15) is 6.92 Å². The summed E-state index contributed by atoms with van der Waals surface area (Å²) in [6.45, 7) is 2.29. The molecule has 5 heteroatoms. The maximum atomic E-state index is 12.4. The summed E-state index contributed by atoms with van der Waals surface area (Å²) in [5.41, 5.74) is 0.736. The predicted molar refractivity (Wildman–Crippen MR) is 74.5 cm³/mol. The normalized spacial score (nSPS) is 11.0. The van der Waals surface area contributed by atoms with Crippen LogP contribution in [-0.2, 0) is 0 Å². The molecule has 96 valence electrons. The number of hydrogen-bond acceptors (Lipinski definition) is 2. The largest absolute Gasteiger partial charge is 0.357 e. The first kappa shape index (κ1) is 11.5. The van der Waals surface area contributed by atoms with E-state index in [4.69, 9.17) is 0 Å². The average molecular weight is 255 g/mol. The van der Waals surface area contributed by atoms with E-state index in [9.17, 15) is 9.59 Å². The topological polar surface area (TPSA) is 66.9 Å². The summed E-state index contributed by atoms with van der Waals surface area (Å²) in [6.07, 6.45) is 1.71. The Hall–Kier alpha value is -2.56. The van der Waals surface area contributed by atoms with E-state index in [0.29, 0.717) is 17.6 Å². The van der Waals surface area contributed by atoms with Gasteiger partial charge in [-0.05, 0) is 19.1 Å². The van der Waals surface area contributed by atoms with E-state index in [1.165, 1.54) is 4.57 Å². The fourth-order valence-corrected chi connectivity index (χ4v) is 2.32. The van der Waals surface area contributed by atoms with Gasteiger partial charge in [-0.1, -0.05) is 18.2 Å². The van der Waals surface area contributed by atoms with Crippen molar-refractivity contribution >= 4 is 27.8 Å². The van der Waals surface area contributed by atoms with Gasteiger partial charge in [-0.2, -0.15) is 0 Å². The van der Waals surface area contributed by atoms with Gasteiger partial charge in [-0.25, -0.2) is 9.36 Å². The molecule has 0 bridgehead atoms. The molecule has 2 aromatic heterocycles. The molecule has 0 unspecified atom stereocenters. The molecule has 1 aromatic carbocycles. The third-order valence-corrected chi connectivity index (χ3v) is 3.13. The second-order valence-corrected chi connectivity index (χ2v) is 4.26. The number of H-pyrrole nitrogens is 1. The lowest BCUT2D eigenvalue weighted by Crippen LogP contribution is -2.36. The van der Waals surface area contributed by atoms with E-state index in [1.54, 1.807) is 12.3 Å². The zero-order valence-electron chi connectivity index (χ0n) is 10.4. The number of carbonyl (C=O) groups excluding carboxylic acids is 1. The van der Waals surface area contributed by atoms with Crippen LogP contribution in [0.2, 0.25) is 0 Å². The lowest BCUT2D eigenvalue weighted by molar-refractivity contribution is 0.243. The van der Waals surface area contributed by atoms with Crippen LogP contribution in [0.3, 0.4) is 0 Å². The summed E-state index contributed by atoms with van der Waals surface area (Å²) >= 11 is 0. The van der Waals surface area contributed by atoms with Gasteiger partial charge in [-0.3, -0.25) is 4.79 Å². The van der Waals surface area contributed by atoms with Crippen LogP contribution in [-0.4, -0.2) is 22.1 Å². The smallest absolute Gasteiger partial charge is 0.329 e. The van der Waals surface area contributed by atoms with Crippen molar-refractivity contribution in [3.63, 3.8) is 0 Å². The maximum Gasteiger partial charge on any atom is 0.329 e. The van der Waals surface area contributed by atoms with Gasteiger partial charge in [0.15, 0.2) is 0 Å². The Morgan fingerprint density at radius 1 is 1.26 bits per heavy atom. The monoisotopic (exact) mass is 255 g/mol. The molecule has 0 aliphatic rings. The molecule has 1 amide bonds. The van der Waals surface area contributed by atoms with Crippen LogP contribution in [0.4, 0.5) is 4.79 Å². The standard InChI is InChI=1S/C14H13N3O2/c1-2-15-14(19)17-11-6-4-3-5-9(11)10-7-8-16-12(10)13(17)18/h3-8,16H,2H2,1H3,(H,15,19). The minimum absolute atomic E-state index is 0.329. The molecule has 2 heterocycles. The summed E-state index contributed by atoms with van der Waals surface area (Å²) in [5, 5.41) is 4.38. The molecule has 0 atom stereocenters. The van der Waals surface area contributed by atoms with Crippen molar-refractivity contribution in [1.82, 2.24) is 14.9 Å². The van der Waals surface area contributed by atoms with E-state index in [1.807, 2.05) is 31.2 Å². The third kappa shape index (κ3) is 1.62. The molecule has 3 rings (SSSR count). The van der Waals surface area contributed by atoms with Gasteiger partial charge in [0.05, 0.1) is 5.52 Å². The van der Waals surface area contributed by atoms with Gasteiger partial charge in [0.1, 0.15) is 5.52 Å². The van der Waals surface area contributed by atoms with Crippen molar-refractivity contribution in [2.45, 2.75) is 6.92 Å². The second-order valence-electron chi connectivity index (χ2n) is 4.26. The minimum Gasteiger partial charge on any atom is -0.357 e. The van der Waals surface area contributed by atoms with Crippen molar-refractivity contribution in [3.8, 4) is 0 Å². The van der Waals surface area contributed by atoms with Crippen molar-refractivity contribution in [3.05, 3.63) is 46.9 Å². The lowest BCUT2D eigenvalue weighted by Gasteiger charge is -2.10. The number of pyridine rings is 1. The molecule has 19 heavy (non-hydrogen) atoms. The Labute approximate surface area is 108 Å². The number of aromatic nitrogens is 2. The molecule has 2 N–H and O–H groups in total. The van der Waals surface area contributed by atoms with Crippen molar-refractivity contribution < 1.29 is 4.79 Å². The Kier molecular flexibility index (Phi) is 2.59. The first-order chi connectivity index (χ1) is 9.24. The lowest BCUT2D eigenvalue weighted by atomic mass is 10.1. The molecule has 0 aliphatic carbocycles. The molecule has 3 aromatic rings. The van der Waals surface area contributed by atoms with Crippen LogP contribution in [0, 0.1) is 0 Å². The summed E-state index contributed by atoms with van der Waals surface area (Å²) in [6, 6.07) is 8.83. The fraction of sp³-hybridized carbons (Fsp3) is 0.143. The fourth-order valence-electron chi connectivity index (χ4n) is 2.32. The molecule has 0 aliphatic heterocycles. The SMILES string of the molecule is CCNC(=O)n1c(=O)c2[nH]ccc2c2ccccc21. The van der Waals surface area contributed by atoms with Crippen molar-refractivity contribution in [2.24, 2.45) is 0 Å². The van der Waals surface area contributed by atoms with E-state index in [0.717, 1.165) is 10.8 Å². The number of fused-ring (bicyclic) bond motifs is 3. The number of carbonyl (C=O) groups is 1. The number of para-hydroxylation sites is 1. The number of rotatable bonds is 1. The van der Waals surface area contributed by atoms with Crippen molar-refractivity contribution in [2.75, 3.05) is 6.54 Å². The molecule has 0 spiro atoms. The van der Waals surface area contributed by atoms with E-state index in [-0.39, 0.29) is 5.56 Å². The number of amides is 1. The highest BCUT2D eigenvalue weighted by molar-refractivity contribution is 6.07. The molecule has 0 saturated heterocycles. The van der Waals surface area contributed by atoms with Gasteiger partial charge < -0.3 is 10.3 Å². The maximum absolute atomic E-state index is 12.4. The highest BCUT2D eigenvalue weighted by atomic mass is 16.2. The van der Waals surface area contributed by atoms with Crippen LogP contribution in [0.25, 0.3) is 21.8 Å². The molecular weight excluding hydrogens is 242 g/mol. The number of benzene rings is 1. The van der Waals surface area contributed by atoms with Crippen LogP contribution in [0.5, 0.6) is 0 Å². The van der Waals surface area contributed by atoms with Gasteiger partial charge in [-0.15, -0.1) is 0 Å². The predicted octanol–water partition coefficient (Wildman–Crippen LogP) is 2.06. The van der Waals surface area contributed by atoms with Gasteiger partial charge in [0.2, 0.25) is 0 Å². The number of nitrogens with one attached hydrogen (secondary N) is 2. The number of nitrogens with zero attached hydrogens (tertiary/aromatic N) is 1. The Bertz CT molecular complexity index is 829. The summed E-state index contributed by atoms with van der Waals surface area (Å²) in [7, 11) is 0. The summed E-state index contributed by atoms with van der Waals surface area (Å²) in [5.74, 6) is 0. The van der Waals surface area contributed by atoms with E-state index < -0.39 is 6.03 Å². The highest BCUT2D eigenvalue weighted by Gasteiger charge is 2.15. The van der Waals surface area contributed by atoms with Crippen LogP contribution in [0.15, 0.2) is 41.3 Å². The van der Waals surface area contributed by atoms with Gasteiger partial charge in [0, 0.05) is 23.5 Å². The molecule has 5 nitrogen and oxygen atoms in total. The summed E-state index contributed by atoms with van der Waals surface area (Å²) in [4.78, 5) is 27.4. The van der Waals surface area contributed by atoms with Crippen LogP contribution >= 0.6 is 0 Å². The molecule has 0 saturated carbocycles. The van der Waals surface area contributed by atoms with E-state index in [2.05, 4.69) is 10.3 Å². The van der Waals surface area contributed by atoms with Gasteiger partial charge in [0.25, 0.3) is 5.56 Å². The minimum atomic E-state index is -0.403. The third-order valence-electron chi connectivity index (χ3n) is 3.13. The zero-order chi connectivity index (χ0) is 13.4. The highest BCUT2D eigenvalue weighted by Crippen LogP contribution is 2.21.